The molecule has 0 aliphatic rings. The molecule has 1 amide bonds. The summed E-state index contributed by atoms with van der Waals surface area (Å²) in [5.41, 5.74) is 0. The van der Waals surface area contributed by atoms with Crippen molar-refractivity contribution in [2.75, 3.05) is 13.2 Å². The number of rotatable bonds is 79. The van der Waals surface area contributed by atoms with Crippen molar-refractivity contribution in [2.45, 2.75) is 495 Å². The lowest BCUT2D eigenvalue weighted by atomic mass is 10.0. The number of amides is 1. The Labute approximate surface area is 559 Å². The predicted molar refractivity (Wildman–Crippen MR) is 394 cm³/mol. The fourth-order valence-corrected chi connectivity index (χ4v) is 13.5. The number of carbonyl (C=O) groups excluding carboxylic acids is 2. The van der Waals surface area contributed by atoms with Crippen LogP contribution in [0.1, 0.15) is 483 Å². The molecule has 530 valence electrons. The first-order valence-corrected chi connectivity index (χ1v) is 41.4. The fraction of sp³-hybridized carbons (Fsp3) is 0.952. The summed E-state index contributed by atoms with van der Waals surface area (Å²) in [7, 11) is 0. The number of nitrogens with one attached hydrogen (secondary N) is 1. The summed E-state index contributed by atoms with van der Waals surface area (Å²) in [6.45, 7) is 5.00. The number of unbranched alkanes of at least 4 members (excludes halogenated alkanes) is 66. The van der Waals surface area contributed by atoms with E-state index in [4.69, 9.17) is 4.74 Å². The SMILES string of the molecule is CCCCCCCCC/C=C\CCCCCCCC(=O)OCCCCCCCCCCCCCCCCCCCCCCCCCCCCCCCCCCCCCCCCCC(=O)NC(CO)C(O)CCCCCCCCCCCCCCCCCCC. The van der Waals surface area contributed by atoms with Gasteiger partial charge in [0, 0.05) is 12.8 Å². The number of aliphatic hydroxyl groups is 2. The van der Waals surface area contributed by atoms with Crippen LogP contribution in [0.3, 0.4) is 0 Å². The van der Waals surface area contributed by atoms with Crippen LogP contribution in [-0.4, -0.2) is 47.4 Å². The molecular weight excluding hydrogens is 1090 g/mol. The molecule has 0 radical (unpaired) electrons. The van der Waals surface area contributed by atoms with Crippen LogP contribution in [0.5, 0.6) is 0 Å². The lowest BCUT2D eigenvalue weighted by Crippen LogP contribution is -2.45. The zero-order chi connectivity index (χ0) is 64.2. The van der Waals surface area contributed by atoms with Crippen LogP contribution in [0.4, 0.5) is 0 Å². The first kappa shape index (κ1) is 87.6. The van der Waals surface area contributed by atoms with E-state index < -0.39 is 12.1 Å². The molecule has 0 bridgehead atoms. The molecule has 89 heavy (non-hydrogen) atoms. The highest BCUT2D eigenvalue weighted by molar-refractivity contribution is 5.76. The average Bonchev–Trinajstić information content (AvgIpc) is 3.63. The molecule has 0 aromatic rings. The van der Waals surface area contributed by atoms with Crippen molar-refractivity contribution in [1.29, 1.82) is 0 Å². The van der Waals surface area contributed by atoms with E-state index in [1.165, 1.54) is 405 Å². The van der Waals surface area contributed by atoms with Crippen LogP contribution in [0.15, 0.2) is 12.2 Å². The molecule has 0 fully saturated rings. The van der Waals surface area contributed by atoms with Crippen molar-refractivity contribution in [3.8, 4) is 0 Å². The fourth-order valence-electron chi connectivity index (χ4n) is 13.5. The Kier molecular flexibility index (Phi) is 77.8. The van der Waals surface area contributed by atoms with Gasteiger partial charge in [0.25, 0.3) is 0 Å². The van der Waals surface area contributed by atoms with Crippen molar-refractivity contribution < 1.29 is 24.5 Å². The van der Waals surface area contributed by atoms with Gasteiger partial charge in [-0.25, -0.2) is 0 Å². The molecule has 0 aliphatic carbocycles. The highest BCUT2D eigenvalue weighted by atomic mass is 16.5. The molecule has 0 aromatic heterocycles. The zero-order valence-electron chi connectivity index (χ0n) is 61.0. The summed E-state index contributed by atoms with van der Waals surface area (Å²) < 4.78 is 5.51. The summed E-state index contributed by atoms with van der Waals surface area (Å²) >= 11 is 0. The van der Waals surface area contributed by atoms with Crippen molar-refractivity contribution in [3.05, 3.63) is 12.2 Å². The maximum Gasteiger partial charge on any atom is 0.305 e. The smallest absolute Gasteiger partial charge is 0.305 e. The van der Waals surface area contributed by atoms with Gasteiger partial charge in [-0.3, -0.25) is 9.59 Å². The Bertz CT molecular complexity index is 1350. The number of hydrogen-bond acceptors (Lipinski definition) is 5. The zero-order valence-corrected chi connectivity index (χ0v) is 61.0. The summed E-state index contributed by atoms with van der Waals surface area (Å²) in [5, 5.41) is 23.4. The van der Waals surface area contributed by atoms with Gasteiger partial charge in [-0.1, -0.05) is 431 Å². The van der Waals surface area contributed by atoms with Gasteiger partial charge in [0.05, 0.1) is 25.4 Å². The van der Waals surface area contributed by atoms with Crippen LogP contribution in [0.2, 0.25) is 0 Å². The van der Waals surface area contributed by atoms with E-state index in [0.29, 0.717) is 25.9 Å². The van der Waals surface area contributed by atoms with Crippen molar-refractivity contribution >= 4 is 11.9 Å². The molecule has 0 aromatic carbocycles. The average molecular weight is 1260 g/mol. The van der Waals surface area contributed by atoms with Crippen molar-refractivity contribution in [3.63, 3.8) is 0 Å². The summed E-state index contributed by atoms with van der Waals surface area (Å²) in [5.74, 6) is -0.00616. The third-order valence-corrected chi connectivity index (χ3v) is 19.8. The Morgan fingerprint density at radius 1 is 0.303 bits per heavy atom. The molecule has 0 spiro atoms. The molecule has 6 nitrogen and oxygen atoms in total. The van der Waals surface area contributed by atoms with Crippen LogP contribution < -0.4 is 5.32 Å². The maximum absolute atomic E-state index is 12.5. The van der Waals surface area contributed by atoms with Crippen LogP contribution in [-0.2, 0) is 14.3 Å². The molecule has 0 rings (SSSR count). The third-order valence-electron chi connectivity index (χ3n) is 19.8. The van der Waals surface area contributed by atoms with E-state index in [1.807, 2.05) is 0 Å². The van der Waals surface area contributed by atoms with Crippen molar-refractivity contribution in [1.82, 2.24) is 5.32 Å². The normalized spacial score (nSPS) is 12.4. The second-order valence-electron chi connectivity index (χ2n) is 28.8. The Balaban J connectivity index is 3.28. The number of allylic oxidation sites excluding steroid dienone is 2. The molecule has 2 atom stereocenters. The van der Waals surface area contributed by atoms with E-state index >= 15 is 0 Å². The predicted octanol–water partition coefficient (Wildman–Crippen LogP) is 27.4. The van der Waals surface area contributed by atoms with Gasteiger partial charge >= 0.3 is 5.97 Å². The van der Waals surface area contributed by atoms with E-state index in [9.17, 15) is 19.8 Å². The third kappa shape index (κ3) is 75.5. The van der Waals surface area contributed by atoms with Gasteiger partial charge in [-0.05, 0) is 51.4 Å². The summed E-state index contributed by atoms with van der Waals surface area (Å²) in [4.78, 5) is 24.6. The first-order valence-electron chi connectivity index (χ1n) is 41.4. The second kappa shape index (κ2) is 79.0. The molecule has 0 heterocycles. The molecule has 0 aliphatic heterocycles. The molecular formula is C83H163NO5. The quantitative estimate of drug-likeness (QED) is 0.0320. The molecule has 6 heteroatoms. The largest absolute Gasteiger partial charge is 0.466 e. The van der Waals surface area contributed by atoms with Crippen LogP contribution in [0, 0.1) is 0 Å². The Morgan fingerprint density at radius 2 is 0.528 bits per heavy atom. The van der Waals surface area contributed by atoms with Gasteiger partial charge in [0.1, 0.15) is 0 Å². The molecule has 0 saturated heterocycles. The van der Waals surface area contributed by atoms with Crippen LogP contribution >= 0.6 is 0 Å². The molecule has 3 N–H and O–H groups in total. The van der Waals surface area contributed by atoms with Gasteiger partial charge in [0.2, 0.25) is 5.91 Å². The van der Waals surface area contributed by atoms with Gasteiger partial charge in [-0.15, -0.1) is 0 Å². The van der Waals surface area contributed by atoms with Gasteiger partial charge in [0.15, 0.2) is 0 Å². The first-order chi connectivity index (χ1) is 44.0. The highest BCUT2D eigenvalue weighted by Gasteiger charge is 2.20. The standard InChI is InChI=1S/C83H163NO5/c1-3-5-7-9-11-13-15-17-19-44-47-51-55-59-63-67-71-75-81(86)80(79-85)84-82(87)76-72-68-64-60-56-52-48-45-42-40-38-36-34-32-30-28-26-24-22-21-23-25-27-29-31-33-35-37-39-41-43-46-50-54-58-62-66-70-74-78-89-83(88)77-73-69-65-61-57-53-49-20-18-16-14-12-10-8-6-4-2/h20,49,80-81,85-86H,3-19,21-48,50-79H2,1-2H3,(H,84,87)/b49-20-. The topological polar surface area (TPSA) is 95.9 Å². The number of ether oxygens (including phenoxy) is 1. The van der Waals surface area contributed by atoms with E-state index in [-0.39, 0.29) is 18.5 Å². The lowest BCUT2D eigenvalue weighted by molar-refractivity contribution is -0.143. The minimum absolute atomic E-state index is 0.0178. The monoisotopic (exact) mass is 1250 g/mol. The minimum Gasteiger partial charge on any atom is -0.466 e. The van der Waals surface area contributed by atoms with E-state index in [2.05, 4.69) is 31.3 Å². The second-order valence-corrected chi connectivity index (χ2v) is 28.8. The maximum atomic E-state index is 12.5. The highest BCUT2D eigenvalue weighted by Crippen LogP contribution is 2.21. The molecule has 0 saturated carbocycles. The number of aliphatic hydroxyl groups excluding tert-OH is 2. The Morgan fingerprint density at radius 3 is 0.798 bits per heavy atom. The number of esters is 1. The van der Waals surface area contributed by atoms with Gasteiger partial charge in [-0.2, -0.15) is 0 Å². The number of carbonyl (C=O) groups is 2. The Hall–Kier alpha value is -1.40. The van der Waals surface area contributed by atoms with Crippen molar-refractivity contribution in [2.24, 2.45) is 0 Å². The number of hydrogen-bond donors (Lipinski definition) is 3. The lowest BCUT2D eigenvalue weighted by Gasteiger charge is -2.22. The van der Waals surface area contributed by atoms with E-state index in [0.717, 1.165) is 44.9 Å². The van der Waals surface area contributed by atoms with Gasteiger partial charge < -0.3 is 20.3 Å². The minimum atomic E-state index is -0.660. The van der Waals surface area contributed by atoms with E-state index in [1.54, 1.807) is 0 Å². The van der Waals surface area contributed by atoms with Crippen LogP contribution in [0.25, 0.3) is 0 Å². The summed E-state index contributed by atoms with van der Waals surface area (Å²) in [6.07, 6.45) is 100. The summed E-state index contributed by atoms with van der Waals surface area (Å²) in [6, 6.07) is -0.536. The molecule has 2 unspecified atom stereocenters.